The van der Waals surface area contributed by atoms with Gasteiger partial charge in [0, 0.05) is 16.8 Å². The normalized spacial score (nSPS) is 10.6. The number of ether oxygens (including phenoxy) is 2. The van der Waals surface area contributed by atoms with Gasteiger partial charge in [-0.05, 0) is 81.4 Å². The quantitative estimate of drug-likeness (QED) is 0.352. The largest absolute Gasteiger partial charge is 0.494 e. The zero-order chi connectivity index (χ0) is 23.2. The van der Waals surface area contributed by atoms with Gasteiger partial charge in [0.15, 0.2) is 0 Å². The molecule has 0 fully saturated rings. The van der Waals surface area contributed by atoms with Crippen LogP contribution in [0, 0.1) is 13.8 Å². The SMILES string of the molecule is CCOc1ccc(NC(=O)c2ccc(-c3nc(COc4ccc(C)cc4)c(C)o3)cc2)cc1. The summed E-state index contributed by atoms with van der Waals surface area (Å²) in [7, 11) is 0. The first kappa shape index (κ1) is 22.1. The van der Waals surface area contributed by atoms with Gasteiger partial charge in [0.25, 0.3) is 5.91 Å². The molecule has 6 heteroatoms. The highest BCUT2D eigenvalue weighted by atomic mass is 16.5. The van der Waals surface area contributed by atoms with Crippen LogP contribution in [0.25, 0.3) is 11.5 Å². The van der Waals surface area contributed by atoms with Gasteiger partial charge in [0.1, 0.15) is 29.6 Å². The molecule has 0 atom stereocenters. The Bertz CT molecular complexity index is 1210. The maximum atomic E-state index is 12.6. The lowest BCUT2D eigenvalue weighted by atomic mass is 10.1. The molecule has 1 amide bonds. The van der Waals surface area contributed by atoms with Crippen LogP contribution in [0.4, 0.5) is 5.69 Å². The number of aromatic nitrogens is 1. The van der Waals surface area contributed by atoms with Crippen molar-refractivity contribution in [2.24, 2.45) is 0 Å². The van der Waals surface area contributed by atoms with Gasteiger partial charge in [-0.25, -0.2) is 4.98 Å². The lowest BCUT2D eigenvalue weighted by Crippen LogP contribution is -2.11. The van der Waals surface area contributed by atoms with E-state index in [2.05, 4.69) is 10.3 Å². The average Bonchev–Trinajstić information content (AvgIpc) is 3.20. The van der Waals surface area contributed by atoms with Gasteiger partial charge in [0.2, 0.25) is 5.89 Å². The first-order valence-corrected chi connectivity index (χ1v) is 10.8. The molecule has 0 aliphatic heterocycles. The Morgan fingerprint density at radius 1 is 0.879 bits per heavy atom. The number of nitrogens with one attached hydrogen (secondary N) is 1. The standard InChI is InChI=1S/C27H26N2O4/c1-4-31-23-15-11-22(12-16-23)28-26(30)20-7-9-21(10-8-20)27-29-25(19(3)33-27)17-32-24-13-5-18(2)6-14-24/h5-16H,4,17H2,1-3H3,(H,28,30). The molecule has 0 saturated heterocycles. The molecule has 0 aliphatic carbocycles. The van der Waals surface area contributed by atoms with Crippen LogP contribution in [-0.4, -0.2) is 17.5 Å². The molecule has 1 aromatic heterocycles. The second-order valence-electron chi connectivity index (χ2n) is 7.61. The van der Waals surface area contributed by atoms with Gasteiger partial charge < -0.3 is 19.2 Å². The third-order valence-electron chi connectivity index (χ3n) is 5.11. The number of hydrogen-bond donors (Lipinski definition) is 1. The van der Waals surface area contributed by atoms with E-state index in [-0.39, 0.29) is 5.91 Å². The Hall–Kier alpha value is -4.06. The number of rotatable bonds is 8. The molecule has 0 aliphatic rings. The zero-order valence-electron chi connectivity index (χ0n) is 18.9. The van der Waals surface area contributed by atoms with Crippen molar-refractivity contribution in [1.82, 2.24) is 4.98 Å². The van der Waals surface area contributed by atoms with E-state index in [1.165, 1.54) is 5.56 Å². The highest BCUT2D eigenvalue weighted by molar-refractivity contribution is 6.04. The third-order valence-corrected chi connectivity index (χ3v) is 5.11. The van der Waals surface area contributed by atoms with Gasteiger partial charge in [-0.15, -0.1) is 0 Å². The maximum Gasteiger partial charge on any atom is 0.255 e. The number of benzene rings is 3. The van der Waals surface area contributed by atoms with Crippen LogP contribution >= 0.6 is 0 Å². The van der Waals surface area contributed by atoms with Gasteiger partial charge in [-0.2, -0.15) is 0 Å². The lowest BCUT2D eigenvalue weighted by Gasteiger charge is -2.07. The smallest absolute Gasteiger partial charge is 0.255 e. The maximum absolute atomic E-state index is 12.6. The van der Waals surface area contributed by atoms with Crippen LogP contribution in [0.2, 0.25) is 0 Å². The first-order valence-electron chi connectivity index (χ1n) is 10.8. The van der Waals surface area contributed by atoms with Crippen LogP contribution in [0.15, 0.2) is 77.2 Å². The number of anilines is 1. The summed E-state index contributed by atoms with van der Waals surface area (Å²) in [5, 5.41) is 2.89. The molecule has 3 aromatic carbocycles. The van der Waals surface area contributed by atoms with Crippen LogP contribution < -0.4 is 14.8 Å². The fourth-order valence-electron chi connectivity index (χ4n) is 3.24. The van der Waals surface area contributed by atoms with Gasteiger partial charge in [0.05, 0.1) is 6.61 Å². The predicted molar refractivity (Wildman–Crippen MR) is 128 cm³/mol. The van der Waals surface area contributed by atoms with E-state index in [1.807, 2.05) is 81.4 Å². The number of carbonyl (C=O) groups excluding carboxylic acids is 1. The highest BCUT2D eigenvalue weighted by Gasteiger charge is 2.13. The molecule has 1 N–H and O–H groups in total. The summed E-state index contributed by atoms with van der Waals surface area (Å²) < 4.78 is 17.1. The van der Waals surface area contributed by atoms with Crippen molar-refractivity contribution in [3.63, 3.8) is 0 Å². The lowest BCUT2D eigenvalue weighted by molar-refractivity contribution is 0.102. The topological polar surface area (TPSA) is 73.6 Å². The molecule has 0 saturated carbocycles. The fraction of sp³-hybridized carbons (Fsp3) is 0.185. The van der Waals surface area contributed by atoms with Crippen molar-refractivity contribution in [3.8, 4) is 23.0 Å². The van der Waals surface area contributed by atoms with E-state index in [0.717, 1.165) is 22.8 Å². The Labute approximate surface area is 193 Å². The Balaban J connectivity index is 1.39. The third kappa shape index (κ3) is 5.60. The van der Waals surface area contributed by atoms with Crippen molar-refractivity contribution in [2.45, 2.75) is 27.4 Å². The second-order valence-corrected chi connectivity index (χ2v) is 7.61. The Morgan fingerprint density at radius 2 is 1.52 bits per heavy atom. The number of nitrogens with zero attached hydrogens (tertiary/aromatic N) is 1. The highest BCUT2D eigenvalue weighted by Crippen LogP contribution is 2.24. The summed E-state index contributed by atoms with van der Waals surface area (Å²) in [6.07, 6.45) is 0. The van der Waals surface area contributed by atoms with Crippen molar-refractivity contribution in [1.29, 1.82) is 0 Å². The molecule has 6 nitrogen and oxygen atoms in total. The van der Waals surface area contributed by atoms with E-state index in [4.69, 9.17) is 13.9 Å². The Kier molecular flexibility index (Phi) is 6.74. The minimum Gasteiger partial charge on any atom is -0.494 e. The molecule has 4 aromatic rings. The summed E-state index contributed by atoms with van der Waals surface area (Å²) in [5.41, 5.74) is 3.95. The molecular formula is C27H26N2O4. The van der Waals surface area contributed by atoms with Crippen molar-refractivity contribution < 1.29 is 18.7 Å². The summed E-state index contributed by atoms with van der Waals surface area (Å²) in [4.78, 5) is 17.1. The van der Waals surface area contributed by atoms with Crippen LogP contribution in [0.3, 0.4) is 0 Å². The minimum absolute atomic E-state index is 0.193. The van der Waals surface area contributed by atoms with Crippen LogP contribution in [-0.2, 0) is 6.61 Å². The number of carbonyl (C=O) groups is 1. The molecule has 168 valence electrons. The van der Waals surface area contributed by atoms with Crippen LogP contribution in [0.5, 0.6) is 11.5 Å². The van der Waals surface area contributed by atoms with E-state index >= 15 is 0 Å². The molecule has 0 spiro atoms. The number of hydrogen-bond acceptors (Lipinski definition) is 5. The average molecular weight is 443 g/mol. The number of oxazole rings is 1. The van der Waals surface area contributed by atoms with Crippen molar-refractivity contribution in [3.05, 3.63) is 95.4 Å². The summed E-state index contributed by atoms with van der Waals surface area (Å²) in [5.74, 6) is 2.56. The minimum atomic E-state index is -0.193. The molecule has 1 heterocycles. The number of aryl methyl sites for hydroxylation is 2. The van der Waals surface area contributed by atoms with E-state index in [0.29, 0.717) is 36.1 Å². The van der Waals surface area contributed by atoms with Gasteiger partial charge >= 0.3 is 0 Å². The summed E-state index contributed by atoms with van der Waals surface area (Å²) in [6.45, 7) is 6.75. The molecule has 0 bridgehead atoms. The number of amides is 1. The van der Waals surface area contributed by atoms with Gasteiger partial charge in [-0.1, -0.05) is 17.7 Å². The molecule has 33 heavy (non-hydrogen) atoms. The Morgan fingerprint density at radius 3 is 2.18 bits per heavy atom. The van der Waals surface area contributed by atoms with E-state index in [9.17, 15) is 4.79 Å². The summed E-state index contributed by atoms with van der Waals surface area (Å²) in [6, 6.07) is 22.3. The molecule has 4 rings (SSSR count). The van der Waals surface area contributed by atoms with Crippen LogP contribution in [0.1, 0.15) is 34.3 Å². The molecule has 0 unspecified atom stereocenters. The monoisotopic (exact) mass is 442 g/mol. The second kappa shape index (κ2) is 10.0. The van der Waals surface area contributed by atoms with Crippen molar-refractivity contribution in [2.75, 3.05) is 11.9 Å². The van der Waals surface area contributed by atoms with Crippen molar-refractivity contribution >= 4 is 11.6 Å². The predicted octanol–water partition coefficient (Wildman–Crippen LogP) is 6.19. The van der Waals surface area contributed by atoms with E-state index in [1.54, 1.807) is 12.1 Å². The molecular weight excluding hydrogens is 416 g/mol. The fourth-order valence-corrected chi connectivity index (χ4v) is 3.24. The van der Waals surface area contributed by atoms with Gasteiger partial charge in [-0.3, -0.25) is 4.79 Å². The summed E-state index contributed by atoms with van der Waals surface area (Å²) >= 11 is 0. The first-order chi connectivity index (χ1) is 16.0. The molecule has 0 radical (unpaired) electrons. The zero-order valence-corrected chi connectivity index (χ0v) is 18.9. The van der Waals surface area contributed by atoms with E-state index < -0.39 is 0 Å².